The van der Waals surface area contributed by atoms with Gasteiger partial charge in [-0.15, -0.1) is 11.6 Å². The Labute approximate surface area is 83.1 Å². The molecule has 1 rings (SSSR count). The zero-order valence-electron chi connectivity index (χ0n) is 6.92. The van der Waals surface area contributed by atoms with E-state index in [1.165, 1.54) is 12.4 Å². The van der Waals surface area contributed by atoms with E-state index in [0.29, 0.717) is 0 Å². The van der Waals surface area contributed by atoms with E-state index in [2.05, 4.69) is 9.97 Å². The third-order valence-electron chi connectivity index (χ3n) is 1.47. The normalized spacial score (nSPS) is 14.0. The number of hydrogen-bond acceptors (Lipinski definition) is 3. The van der Waals surface area contributed by atoms with Crippen LogP contribution in [0.25, 0.3) is 0 Å². The van der Waals surface area contributed by atoms with Crippen LogP contribution in [0.3, 0.4) is 0 Å². The van der Waals surface area contributed by atoms with Crippen molar-refractivity contribution in [1.29, 1.82) is 0 Å². The first kappa shape index (κ1) is 11.0. The highest BCUT2D eigenvalue weighted by Gasteiger charge is 2.38. The number of alkyl halides is 4. The summed E-state index contributed by atoms with van der Waals surface area (Å²) in [6.45, 7) is 0. The highest BCUT2D eigenvalue weighted by molar-refractivity contribution is 6.21. The molecule has 1 atom stereocenters. The number of nitrogen functional groups attached to an aromatic ring is 1. The number of nitrogens with zero attached hydrogens (tertiary/aromatic N) is 2. The Morgan fingerprint density at radius 2 is 2.00 bits per heavy atom. The van der Waals surface area contributed by atoms with Gasteiger partial charge < -0.3 is 5.73 Å². The lowest BCUT2D eigenvalue weighted by Gasteiger charge is -2.12. The molecule has 0 aliphatic rings. The smallest absolute Gasteiger partial charge is 0.382 e. The van der Waals surface area contributed by atoms with Crippen LogP contribution >= 0.6 is 11.6 Å². The van der Waals surface area contributed by atoms with Gasteiger partial charge in [-0.05, 0) is 0 Å². The lowest BCUT2D eigenvalue weighted by Crippen LogP contribution is -2.25. The van der Waals surface area contributed by atoms with Gasteiger partial charge >= 0.3 is 6.18 Å². The SMILES string of the molecule is Nc1cnc(CC(Cl)C(F)(F)F)cn1. The Bertz CT molecular complexity index is 298. The molecule has 1 unspecified atom stereocenters. The average Bonchev–Trinajstić information content (AvgIpc) is 2.07. The van der Waals surface area contributed by atoms with Gasteiger partial charge in [0.15, 0.2) is 0 Å². The van der Waals surface area contributed by atoms with Gasteiger partial charge in [0.05, 0.1) is 18.1 Å². The zero-order valence-corrected chi connectivity index (χ0v) is 7.68. The van der Waals surface area contributed by atoms with Crippen molar-refractivity contribution in [3.63, 3.8) is 0 Å². The van der Waals surface area contributed by atoms with Crippen LogP contribution in [0.1, 0.15) is 5.69 Å². The van der Waals surface area contributed by atoms with Crippen LogP contribution in [0.4, 0.5) is 19.0 Å². The van der Waals surface area contributed by atoms with Crippen LogP contribution in [0, 0.1) is 0 Å². The van der Waals surface area contributed by atoms with Crippen molar-refractivity contribution in [2.45, 2.75) is 18.0 Å². The number of hydrogen-bond donors (Lipinski definition) is 1. The second kappa shape index (κ2) is 4.00. The molecular formula is C7H7ClF3N3. The predicted molar refractivity (Wildman–Crippen MR) is 45.8 cm³/mol. The molecule has 78 valence electrons. The van der Waals surface area contributed by atoms with E-state index in [1.807, 2.05) is 0 Å². The number of anilines is 1. The molecule has 0 aliphatic carbocycles. The number of rotatable bonds is 2. The van der Waals surface area contributed by atoms with Gasteiger partial charge in [-0.1, -0.05) is 0 Å². The van der Waals surface area contributed by atoms with E-state index in [-0.39, 0.29) is 11.5 Å². The minimum atomic E-state index is -4.43. The summed E-state index contributed by atoms with van der Waals surface area (Å²) in [5.41, 5.74) is 5.38. The molecule has 0 aromatic carbocycles. The van der Waals surface area contributed by atoms with Gasteiger partial charge in [-0.3, -0.25) is 4.98 Å². The molecule has 0 spiro atoms. The molecule has 1 aromatic rings. The summed E-state index contributed by atoms with van der Waals surface area (Å²) in [6.07, 6.45) is -2.46. The van der Waals surface area contributed by atoms with Gasteiger partial charge in [0.25, 0.3) is 0 Å². The predicted octanol–water partition coefficient (Wildman–Crippen LogP) is 1.77. The number of halogens is 4. The maximum atomic E-state index is 12.0. The lowest BCUT2D eigenvalue weighted by molar-refractivity contribution is -0.130. The molecule has 7 heteroatoms. The van der Waals surface area contributed by atoms with E-state index >= 15 is 0 Å². The van der Waals surface area contributed by atoms with Crippen molar-refractivity contribution < 1.29 is 13.2 Å². The lowest BCUT2D eigenvalue weighted by atomic mass is 10.2. The first-order valence-corrected chi connectivity index (χ1v) is 4.10. The molecule has 0 radical (unpaired) electrons. The molecule has 1 heterocycles. The molecule has 2 N–H and O–H groups in total. The maximum Gasteiger partial charge on any atom is 0.405 e. The minimum absolute atomic E-state index is 0.159. The van der Waals surface area contributed by atoms with Gasteiger partial charge in [0.2, 0.25) is 0 Å². The highest BCUT2D eigenvalue weighted by atomic mass is 35.5. The van der Waals surface area contributed by atoms with E-state index in [0.717, 1.165) is 0 Å². The first-order chi connectivity index (χ1) is 6.39. The molecule has 0 bridgehead atoms. The fourth-order valence-corrected chi connectivity index (χ4v) is 0.928. The molecule has 0 saturated carbocycles. The third kappa shape index (κ3) is 3.02. The molecule has 0 saturated heterocycles. The summed E-state index contributed by atoms with van der Waals surface area (Å²) in [6, 6.07) is 0. The molecular weight excluding hydrogens is 219 g/mol. The fraction of sp³-hybridized carbons (Fsp3) is 0.429. The van der Waals surface area contributed by atoms with E-state index < -0.39 is 18.0 Å². The summed E-state index contributed by atoms with van der Waals surface area (Å²) < 4.78 is 36.0. The van der Waals surface area contributed by atoms with Gasteiger partial charge in [0, 0.05) is 6.42 Å². The summed E-state index contributed by atoms with van der Waals surface area (Å²) in [5, 5.41) is -1.94. The Kier molecular flexibility index (Phi) is 3.15. The first-order valence-electron chi connectivity index (χ1n) is 3.67. The quantitative estimate of drug-likeness (QED) is 0.781. The van der Waals surface area contributed by atoms with Crippen molar-refractivity contribution in [1.82, 2.24) is 9.97 Å². The zero-order chi connectivity index (χ0) is 10.8. The molecule has 0 fully saturated rings. The Morgan fingerprint density at radius 3 is 2.43 bits per heavy atom. The van der Waals surface area contributed by atoms with E-state index in [9.17, 15) is 13.2 Å². The molecule has 0 aliphatic heterocycles. The van der Waals surface area contributed by atoms with Crippen molar-refractivity contribution in [3.05, 3.63) is 18.1 Å². The second-order valence-electron chi connectivity index (χ2n) is 2.65. The summed E-state index contributed by atoms with van der Waals surface area (Å²) in [4.78, 5) is 7.26. The van der Waals surface area contributed by atoms with Crippen LogP contribution < -0.4 is 5.73 Å². The van der Waals surface area contributed by atoms with Crippen LogP contribution in [-0.4, -0.2) is 21.5 Å². The molecule has 3 nitrogen and oxygen atoms in total. The summed E-state index contributed by atoms with van der Waals surface area (Å²) >= 11 is 5.11. The Morgan fingerprint density at radius 1 is 1.36 bits per heavy atom. The minimum Gasteiger partial charge on any atom is -0.382 e. The number of aromatic nitrogens is 2. The van der Waals surface area contributed by atoms with Crippen LogP contribution in [-0.2, 0) is 6.42 Å². The van der Waals surface area contributed by atoms with Gasteiger partial charge in [0.1, 0.15) is 11.2 Å². The number of nitrogens with two attached hydrogens (primary N) is 1. The largest absolute Gasteiger partial charge is 0.405 e. The Hall–Kier alpha value is -1.04. The molecule has 14 heavy (non-hydrogen) atoms. The van der Waals surface area contributed by atoms with Crippen molar-refractivity contribution in [3.8, 4) is 0 Å². The molecule has 1 aromatic heterocycles. The van der Waals surface area contributed by atoms with Crippen LogP contribution in [0.15, 0.2) is 12.4 Å². The van der Waals surface area contributed by atoms with Gasteiger partial charge in [-0.25, -0.2) is 4.98 Å². The fourth-order valence-electron chi connectivity index (χ4n) is 0.770. The maximum absolute atomic E-state index is 12.0. The standard InChI is InChI=1S/C7H7ClF3N3/c8-5(7(9,10)11)1-4-2-14-6(12)3-13-4/h2-3,5H,1H2,(H2,12,14). The monoisotopic (exact) mass is 225 g/mol. The third-order valence-corrected chi connectivity index (χ3v) is 1.87. The molecule has 0 amide bonds. The van der Waals surface area contributed by atoms with Crippen LogP contribution in [0.2, 0.25) is 0 Å². The average molecular weight is 226 g/mol. The second-order valence-corrected chi connectivity index (χ2v) is 3.17. The topological polar surface area (TPSA) is 51.8 Å². The van der Waals surface area contributed by atoms with Crippen molar-refractivity contribution in [2.75, 3.05) is 5.73 Å². The van der Waals surface area contributed by atoms with E-state index in [1.54, 1.807) is 0 Å². The van der Waals surface area contributed by atoms with Crippen molar-refractivity contribution >= 4 is 17.4 Å². The summed E-state index contributed by atoms with van der Waals surface area (Å²) in [5.74, 6) is 0.159. The summed E-state index contributed by atoms with van der Waals surface area (Å²) in [7, 11) is 0. The highest BCUT2D eigenvalue weighted by Crippen LogP contribution is 2.26. The van der Waals surface area contributed by atoms with Crippen LogP contribution in [0.5, 0.6) is 0 Å². The van der Waals surface area contributed by atoms with E-state index in [4.69, 9.17) is 17.3 Å². The van der Waals surface area contributed by atoms with Gasteiger partial charge in [-0.2, -0.15) is 13.2 Å². The van der Waals surface area contributed by atoms with Crippen molar-refractivity contribution in [2.24, 2.45) is 0 Å². The Balaban J connectivity index is 2.65.